The second-order valence-corrected chi connectivity index (χ2v) is 6.02. The highest BCUT2D eigenvalue weighted by molar-refractivity contribution is 5.91. The van der Waals surface area contributed by atoms with Crippen molar-refractivity contribution in [3.8, 4) is 0 Å². The topological polar surface area (TPSA) is 71.1 Å². The largest absolute Gasteiger partial charge is 0.463 e. The van der Waals surface area contributed by atoms with E-state index in [9.17, 15) is 9.59 Å². The lowest BCUT2D eigenvalue weighted by molar-refractivity contribution is -0.140. The summed E-state index contributed by atoms with van der Waals surface area (Å²) in [5.41, 5.74) is 0. The fourth-order valence-corrected chi connectivity index (χ4v) is 1.88. The Morgan fingerprint density at radius 2 is 1.04 bits per heavy atom. The number of methoxy groups -OCH3 is 2. The molecular weight excluding hydrogens is 312 g/mol. The standard InChI is InChI=1S/C18H32O6/c1-15(7-11-21-3)9-13-23-17(19)5-6-18(20)24-14-10-16(2)8-12-22-4/h5-6,15-16H,7-14H2,1-4H3/b6-5+. The third-order valence-corrected chi connectivity index (χ3v) is 3.69. The zero-order chi connectivity index (χ0) is 18.2. The maximum atomic E-state index is 11.5. The summed E-state index contributed by atoms with van der Waals surface area (Å²) in [7, 11) is 3.33. The maximum absolute atomic E-state index is 11.5. The predicted molar refractivity (Wildman–Crippen MR) is 91.6 cm³/mol. The average molecular weight is 344 g/mol. The van der Waals surface area contributed by atoms with Crippen molar-refractivity contribution in [2.24, 2.45) is 11.8 Å². The summed E-state index contributed by atoms with van der Waals surface area (Å²) >= 11 is 0. The van der Waals surface area contributed by atoms with Crippen LogP contribution in [-0.4, -0.2) is 52.6 Å². The van der Waals surface area contributed by atoms with Crippen LogP contribution in [0.2, 0.25) is 0 Å². The fraction of sp³-hybridized carbons (Fsp3) is 0.778. The molecule has 2 unspecified atom stereocenters. The Kier molecular flexibility index (Phi) is 14.3. The zero-order valence-electron chi connectivity index (χ0n) is 15.4. The summed E-state index contributed by atoms with van der Waals surface area (Å²) in [6.07, 6.45) is 5.62. The molecule has 0 spiro atoms. The molecular formula is C18H32O6. The molecule has 0 bridgehead atoms. The molecule has 0 N–H and O–H groups in total. The van der Waals surface area contributed by atoms with Crippen LogP contribution < -0.4 is 0 Å². The predicted octanol–water partition coefficient (Wildman–Crippen LogP) is 2.75. The van der Waals surface area contributed by atoms with E-state index in [0.29, 0.717) is 38.3 Å². The van der Waals surface area contributed by atoms with E-state index in [1.807, 2.05) is 0 Å². The van der Waals surface area contributed by atoms with Crippen molar-refractivity contribution in [1.29, 1.82) is 0 Å². The van der Waals surface area contributed by atoms with Crippen molar-refractivity contribution >= 4 is 11.9 Å². The van der Waals surface area contributed by atoms with Gasteiger partial charge in [-0.3, -0.25) is 0 Å². The minimum atomic E-state index is -0.528. The first-order valence-corrected chi connectivity index (χ1v) is 8.49. The molecule has 0 saturated carbocycles. The van der Waals surface area contributed by atoms with Crippen molar-refractivity contribution < 1.29 is 28.5 Å². The number of carbonyl (C=O) groups excluding carboxylic acids is 2. The van der Waals surface area contributed by atoms with Crippen molar-refractivity contribution in [2.75, 3.05) is 40.6 Å². The molecule has 0 aliphatic carbocycles. The molecule has 0 aromatic rings. The summed E-state index contributed by atoms with van der Waals surface area (Å²) in [6, 6.07) is 0. The van der Waals surface area contributed by atoms with E-state index in [2.05, 4.69) is 13.8 Å². The van der Waals surface area contributed by atoms with E-state index in [4.69, 9.17) is 18.9 Å². The van der Waals surface area contributed by atoms with Crippen LogP contribution in [0, 0.1) is 11.8 Å². The first-order chi connectivity index (χ1) is 11.5. The minimum Gasteiger partial charge on any atom is -0.463 e. The van der Waals surface area contributed by atoms with Crippen LogP contribution >= 0.6 is 0 Å². The van der Waals surface area contributed by atoms with Crippen LogP contribution in [0.15, 0.2) is 12.2 Å². The van der Waals surface area contributed by atoms with Crippen LogP contribution in [0.25, 0.3) is 0 Å². The monoisotopic (exact) mass is 344 g/mol. The molecule has 0 radical (unpaired) electrons. The highest BCUT2D eigenvalue weighted by atomic mass is 16.5. The molecule has 0 amide bonds. The van der Waals surface area contributed by atoms with Gasteiger partial charge in [0.1, 0.15) is 0 Å². The SMILES string of the molecule is COCCC(C)CCOC(=O)/C=C/C(=O)OCCC(C)CCOC. The smallest absolute Gasteiger partial charge is 0.331 e. The number of hydrogen-bond donors (Lipinski definition) is 0. The Balaban J connectivity index is 3.75. The van der Waals surface area contributed by atoms with E-state index >= 15 is 0 Å². The molecule has 0 heterocycles. The van der Waals surface area contributed by atoms with E-state index < -0.39 is 11.9 Å². The van der Waals surface area contributed by atoms with Crippen molar-refractivity contribution in [3.63, 3.8) is 0 Å². The normalized spacial score (nSPS) is 13.7. The Labute approximate surface area is 145 Å². The van der Waals surface area contributed by atoms with Gasteiger partial charge < -0.3 is 18.9 Å². The van der Waals surface area contributed by atoms with Crippen LogP contribution in [0.1, 0.15) is 39.5 Å². The van der Waals surface area contributed by atoms with Crippen LogP contribution in [0.4, 0.5) is 0 Å². The summed E-state index contributed by atoms with van der Waals surface area (Å²) in [4.78, 5) is 23.0. The van der Waals surface area contributed by atoms with Gasteiger partial charge >= 0.3 is 11.9 Å². The Bertz CT molecular complexity index is 333. The van der Waals surface area contributed by atoms with Crippen molar-refractivity contribution in [1.82, 2.24) is 0 Å². The molecule has 0 aliphatic heterocycles. The Morgan fingerprint density at radius 3 is 1.38 bits per heavy atom. The van der Waals surface area contributed by atoms with E-state index in [1.165, 1.54) is 0 Å². The average Bonchev–Trinajstić information content (AvgIpc) is 2.56. The van der Waals surface area contributed by atoms with E-state index in [0.717, 1.165) is 37.8 Å². The third-order valence-electron chi connectivity index (χ3n) is 3.69. The molecule has 0 saturated heterocycles. The second-order valence-electron chi connectivity index (χ2n) is 6.02. The van der Waals surface area contributed by atoms with Gasteiger partial charge in [-0.25, -0.2) is 9.59 Å². The van der Waals surface area contributed by atoms with Gasteiger partial charge in [-0.15, -0.1) is 0 Å². The van der Waals surface area contributed by atoms with Gasteiger partial charge in [-0.2, -0.15) is 0 Å². The highest BCUT2D eigenvalue weighted by Gasteiger charge is 2.06. The molecule has 0 aromatic heterocycles. The first kappa shape index (κ1) is 22.6. The first-order valence-electron chi connectivity index (χ1n) is 8.49. The van der Waals surface area contributed by atoms with E-state index in [1.54, 1.807) is 14.2 Å². The molecule has 0 aromatic carbocycles. The summed E-state index contributed by atoms with van der Waals surface area (Å²) in [5, 5.41) is 0. The van der Waals surface area contributed by atoms with Gasteiger partial charge in [0.15, 0.2) is 0 Å². The Morgan fingerprint density at radius 1 is 0.708 bits per heavy atom. The summed E-state index contributed by atoms with van der Waals surface area (Å²) < 4.78 is 20.1. The molecule has 140 valence electrons. The number of carbonyl (C=O) groups is 2. The van der Waals surface area contributed by atoms with Gasteiger partial charge in [0.05, 0.1) is 13.2 Å². The van der Waals surface area contributed by atoms with Crippen LogP contribution in [-0.2, 0) is 28.5 Å². The molecule has 6 nitrogen and oxygen atoms in total. The lowest BCUT2D eigenvalue weighted by atomic mass is 10.1. The van der Waals surface area contributed by atoms with Crippen LogP contribution in [0.5, 0.6) is 0 Å². The van der Waals surface area contributed by atoms with Crippen molar-refractivity contribution in [2.45, 2.75) is 39.5 Å². The Hall–Kier alpha value is -1.40. The number of hydrogen-bond acceptors (Lipinski definition) is 6. The maximum Gasteiger partial charge on any atom is 0.331 e. The van der Waals surface area contributed by atoms with Crippen LogP contribution in [0.3, 0.4) is 0 Å². The number of rotatable bonds is 14. The second kappa shape index (κ2) is 15.1. The lowest BCUT2D eigenvalue weighted by Gasteiger charge is -2.10. The van der Waals surface area contributed by atoms with Gasteiger partial charge in [-0.05, 0) is 37.5 Å². The highest BCUT2D eigenvalue weighted by Crippen LogP contribution is 2.08. The van der Waals surface area contributed by atoms with Crippen molar-refractivity contribution in [3.05, 3.63) is 12.2 Å². The minimum absolute atomic E-state index is 0.333. The molecule has 2 atom stereocenters. The molecule has 6 heteroatoms. The lowest BCUT2D eigenvalue weighted by Crippen LogP contribution is -2.10. The molecule has 0 aliphatic rings. The van der Waals surface area contributed by atoms with Gasteiger partial charge in [0.2, 0.25) is 0 Å². The third kappa shape index (κ3) is 14.2. The van der Waals surface area contributed by atoms with Gasteiger partial charge in [0, 0.05) is 39.6 Å². The summed E-state index contributed by atoms with van der Waals surface area (Å²) in [5.74, 6) is -0.211. The van der Waals surface area contributed by atoms with Gasteiger partial charge in [-0.1, -0.05) is 13.8 Å². The molecule has 0 fully saturated rings. The zero-order valence-corrected chi connectivity index (χ0v) is 15.4. The number of ether oxygens (including phenoxy) is 4. The summed E-state index contributed by atoms with van der Waals surface area (Å²) in [6.45, 7) is 6.22. The fourth-order valence-electron chi connectivity index (χ4n) is 1.88. The molecule has 24 heavy (non-hydrogen) atoms. The molecule has 0 rings (SSSR count). The quantitative estimate of drug-likeness (QED) is 0.356. The van der Waals surface area contributed by atoms with Gasteiger partial charge in [0.25, 0.3) is 0 Å². The van der Waals surface area contributed by atoms with E-state index in [-0.39, 0.29) is 0 Å². The number of esters is 2.